The number of fused-ring (bicyclic) bond motifs is 1. The van der Waals surface area contributed by atoms with Gasteiger partial charge in [0.1, 0.15) is 0 Å². The minimum atomic E-state index is -1.26. The largest absolute Gasteiger partial charge is 0.478 e. The van der Waals surface area contributed by atoms with Crippen LogP contribution < -0.4 is 5.32 Å². The first kappa shape index (κ1) is 30.4. The molecule has 0 saturated heterocycles. The van der Waals surface area contributed by atoms with Crippen LogP contribution in [0.3, 0.4) is 0 Å². The number of benzene rings is 2. The fourth-order valence-electron chi connectivity index (χ4n) is 3.45. The highest BCUT2D eigenvalue weighted by atomic mass is 35.5. The van der Waals surface area contributed by atoms with Crippen molar-refractivity contribution in [3.05, 3.63) is 93.5 Å². The number of hydrogen-bond donors (Lipinski definition) is 5. The van der Waals surface area contributed by atoms with Gasteiger partial charge < -0.3 is 25.7 Å². The number of aliphatic carboxylic acids is 4. The van der Waals surface area contributed by atoms with E-state index in [1.54, 1.807) is 0 Å². The zero-order chi connectivity index (χ0) is 27.3. The minimum Gasteiger partial charge on any atom is -0.478 e. The van der Waals surface area contributed by atoms with Gasteiger partial charge in [0.15, 0.2) is 0 Å². The Morgan fingerprint density at radius 1 is 0.750 bits per heavy atom. The summed E-state index contributed by atoms with van der Waals surface area (Å²) in [7, 11) is 2.03. The van der Waals surface area contributed by atoms with Crippen molar-refractivity contribution >= 4 is 47.1 Å². The number of carbonyl (C=O) groups is 4. The summed E-state index contributed by atoms with van der Waals surface area (Å²) in [5.74, 6) is -4.62. The van der Waals surface area contributed by atoms with E-state index in [0.717, 1.165) is 12.8 Å². The van der Waals surface area contributed by atoms with E-state index in [1.807, 2.05) is 19.2 Å². The molecule has 0 spiro atoms. The molecule has 0 unspecified atom stereocenters. The summed E-state index contributed by atoms with van der Waals surface area (Å²) >= 11 is 12.2. The van der Waals surface area contributed by atoms with E-state index in [0.29, 0.717) is 46.3 Å². The highest BCUT2D eigenvalue weighted by Gasteiger charge is 2.27. The van der Waals surface area contributed by atoms with E-state index in [-0.39, 0.29) is 0 Å². The number of nitrogens with one attached hydrogen (secondary N) is 1. The predicted molar refractivity (Wildman–Crippen MR) is 135 cm³/mol. The molecule has 0 aliphatic heterocycles. The van der Waals surface area contributed by atoms with E-state index in [1.165, 1.54) is 16.7 Å². The average Bonchev–Trinajstić information content (AvgIpc) is 2.83. The first-order chi connectivity index (χ1) is 17.0. The van der Waals surface area contributed by atoms with Crippen molar-refractivity contribution in [1.29, 1.82) is 0 Å². The van der Waals surface area contributed by atoms with Crippen LogP contribution >= 0.6 is 23.2 Å². The van der Waals surface area contributed by atoms with Crippen molar-refractivity contribution in [3.8, 4) is 0 Å². The summed E-state index contributed by atoms with van der Waals surface area (Å²) < 4.78 is 0. The Bertz CT molecular complexity index is 1080. The number of hydrogen-bond acceptors (Lipinski definition) is 5. The van der Waals surface area contributed by atoms with Gasteiger partial charge in [-0.05, 0) is 48.7 Å². The molecule has 0 radical (unpaired) electrons. The third-order valence-electron chi connectivity index (χ3n) is 4.92. The second-order valence-electron chi connectivity index (χ2n) is 7.29. The van der Waals surface area contributed by atoms with Crippen LogP contribution in [-0.4, -0.2) is 51.4 Å². The zero-order valence-corrected chi connectivity index (χ0v) is 20.6. The van der Waals surface area contributed by atoms with Gasteiger partial charge in [0.2, 0.25) is 0 Å². The summed E-state index contributed by atoms with van der Waals surface area (Å²) in [4.78, 5) is 38.2. The van der Waals surface area contributed by atoms with Crippen molar-refractivity contribution in [2.75, 3.05) is 7.05 Å². The van der Waals surface area contributed by atoms with Gasteiger partial charge in [0.05, 0.1) is 10.0 Å². The second kappa shape index (κ2) is 15.4. The van der Waals surface area contributed by atoms with E-state index in [4.69, 9.17) is 43.6 Å². The van der Waals surface area contributed by atoms with E-state index in [9.17, 15) is 19.2 Å². The van der Waals surface area contributed by atoms with Gasteiger partial charge in [0, 0.05) is 36.3 Å². The van der Waals surface area contributed by atoms with Crippen LogP contribution in [-0.2, 0) is 19.2 Å². The SMILES string of the molecule is CN[C@H]1CC[C@@H](c2ccc(Cl)c(Cl)c2)c2ccccc21.O=C(O)/C=C/C(=O)O.O=C(O)/C=C/C(=O)O. The van der Waals surface area contributed by atoms with E-state index >= 15 is 0 Å². The van der Waals surface area contributed by atoms with Crippen LogP contribution in [0, 0.1) is 0 Å². The number of carboxylic acids is 4. The first-order valence-corrected chi connectivity index (χ1v) is 11.2. The number of halogens is 2. The number of carboxylic acid groups (broad SMARTS) is 4. The van der Waals surface area contributed by atoms with E-state index in [2.05, 4.69) is 35.6 Å². The molecule has 0 aromatic heterocycles. The highest BCUT2D eigenvalue weighted by Crippen LogP contribution is 2.42. The second-order valence-corrected chi connectivity index (χ2v) is 8.11. The van der Waals surface area contributed by atoms with Gasteiger partial charge in [-0.25, -0.2) is 19.2 Å². The van der Waals surface area contributed by atoms with Gasteiger partial charge in [-0.2, -0.15) is 0 Å². The first-order valence-electron chi connectivity index (χ1n) is 10.4. The minimum absolute atomic E-state index is 0.408. The normalized spacial score (nSPS) is 16.2. The molecule has 3 rings (SSSR count). The summed E-state index contributed by atoms with van der Waals surface area (Å²) in [5, 5.41) is 35.9. The summed E-state index contributed by atoms with van der Waals surface area (Å²) in [6, 6.07) is 15.1. The third kappa shape index (κ3) is 10.7. The lowest BCUT2D eigenvalue weighted by Gasteiger charge is -2.32. The monoisotopic (exact) mass is 537 g/mol. The topological polar surface area (TPSA) is 161 Å². The Hall–Kier alpha value is -3.66. The van der Waals surface area contributed by atoms with Gasteiger partial charge in [-0.15, -0.1) is 0 Å². The predicted octanol–water partition coefficient (Wildman–Crippen LogP) is 4.60. The molecular weight excluding hydrogens is 513 g/mol. The molecule has 2 atom stereocenters. The summed E-state index contributed by atoms with van der Waals surface area (Å²) in [6.45, 7) is 0. The molecule has 0 bridgehead atoms. The molecule has 5 N–H and O–H groups in total. The fourth-order valence-corrected chi connectivity index (χ4v) is 3.76. The van der Waals surface area contributed by atoms with Crippen LogP contribution in [0.25, 0.3) is 0 Å². The Kier molecular flexibility index (Phi) is 13.0. The Balaban J connectivity index is 0.000000337. The Morgan fingerprint density at radius 2 is 1.22 bits per heavy atom. The van der Waals surface area contributed by atoms with Gasteiger partial charge in [0.25, 0.3) is 0 Å². The maximum Gasteiger partial charge on any atom is 0.328 e. The molecule has 0 saturated carbocycles. The van der Waals surface area contributed by atoms with Gasteiger partial charge in [-0.1, -0.05) is 53.5 Å². The van der Waals surface area contributed by atoms with Crippen molar-refractivity contribution in [3.63, 3.8) is 0 Å². The average molecular weight is 538 g/mol. The lowest BCUT2D eigenvalue weighted by molar-refractivity contribution is -0.134. The molecule has 0 amide bonds. The molecular formula is C25H25Cl2NO8. The Labute approximate surface area is 217 Å². The smallest absolute Gasteiger partial charge is 0.328 e. The molecule has 11 heteroatoms. The van der Waals surface area contributed by atoms with E-state index < -0.39 is 23.9 Å². The third-order valence-corrected chi connectivity index (χ3v) is 5.66. The molecule has 0 fully saturated rings. The molecule has 1 aliphatic rings. The van der Waals surface area contributed by atoms with Crippen LogP contribution in [0.15, 0.2) is 66.8 Å². The standard InChI is InChI=1S/C17H17Cl2N.2C4H4O4/c1-20-17-9-7-12(13-4-2-3-5-14(13)17)11-6-8-15(18)16(19)10-11;2*5-3(6)1-2-4(7)8/h2-6,8,10,12,17,20H,7,9H2,1H3;2*1-2H,(H,5,6)(H,7,8)/b;2*2-1+/t12-,17-;;/m0../s1. The lowest BCUT2D eigenvalue weighted by Crippen LogP contribution is -2.24. The highest BCUT2D eigenvalue weighted by molar-refractivity contribution is 6.42. The quantitative estimate of drug-likeness (QED) is 0.331. The molecule has 36 heavy (non-hydrogen) atoms. The molecule has 1 aliphatic carbocycles. The lowest BCUT2D eigenvalue weighted by atomic mass is 9.77. The van der Waals surface area contributed by atoms with Gasteiger partial charge in [-0.3, -0.25) is 0 Å². The summed E-state index contributed by atoms with van der Waals surface area (Å²) in [6.07, 6.45) is 4.49. The van der Waals surface area contributed by atoms with Crippen molar-refractivity contribution in [2.24, 2.45) is 0 Å². The zero-order valence-electron chi connectivity index (χ0n) is 19.1. The maximum atomic E-state index is 9.55. The van der Waals surface area contributed by atoms with Crippen LogP contribution in [0.1, 0.15) is 41.5 Å². The van der Waals surface area contributed by atoms with Crippen molar-refractivity contribution in [2.45, 2.75) is 24.8 Å². The fraction of sp³-hybridized carbons (Fsp3) is 0.200. The molecule has 2 aromatic carbocycles. The van der Waals surface area contributed by atoms with Crippen molar-refractivity contribution < 1.29 is 39.6 Å². The van der Waals surface area contributed by atoms with Crippen LogP contribution in [0.2, 0.25) is 10.0 Å². The molecule has 9 nitrogen and oxygen atoms in total. The Morgan fingerprint density at radius 3 is 1.64 bits per heavy atom. The molecule has 192 valence electrons. The van der Waals surface area contributed by atoms with Crippen molar-refractivity contribution in [1.82, 2.24) is 5.32 Å². The van der Waals surface area contributed by atoms with Crippen LogP contribution in [0.5, 0.6) is 0 Å². The van der Waals surface area contributed by atoms with Gasteiger partial charge >= 0.3 is 23.9 Å². The maximum absolute atomic E-state index is 9.55. The molecule has 2 aromatic rings. The summed E-state index contributed by atoms with van der Waals surface area (Å²) in [5.41, 5.74) is 4.05. The van der Waals surface area contributed by atoms with Crippen LogP contribution in [0.4, 0.5) is 0 Å². The molecule has 0 heterocycles. The number of rotatable bonds is 6.